The van der Waals surface area contributed by atoms with Crippen molar-refractivity contribution in [3.05, 3.63) is 0 Å². The normalized spacial score (nSPS) is 11.9. The summed E-state index contributed by atoms with van der Waals surface area (Å²) in [5.41, 5.74) is 0. The van der Waals surface area contributed by atoms with E-state index in [-0.39, 0.29) is 5.75 Å². The Balaban J connectivity index is 3.41. The summed E-state index contributed by atoms with van der Waals surface area (Å²) >= 11 is 0. The SMILES string of the molecule is CCCCCCCCS(=O)(=O)OCCC. The van der Waals surface area contributed by atoms with Crippen LogP contribution in [-0.4, -0.2) is 20.8 Å². The van der Waals surface area contributed by atoms with Crippen molar-refractivity contribution in [2.75, 3.05) is 12.4 Å². The molecular weight excluding hydrogens is 212 g/mol. The topological polar surface area (TPSA) is 43.4 Å². The van der Waals surface area contributed by atoms with Crippen molar-refractivity contribution in [2.24, 2.45) is 0 Å². The zero-order valence-corrected chi connectivity index (χ0v) is 10.8. The quantitative estimate of drug-likeness (QED) is 0.432. The van der Waals surface area contributed by atoms with Crippen LogP contribution in [0.25, 0.3) is 0 Å². The Kier molecular flexibility index (Phi) is 9.10. The molecule has 0 N–H and O–H groups in total. The molecule has 0 radical (unpaired) electrons. The number of hydrogen-bond donors (Lipinski definition) is 0. The molecule has 0 aromatic heterocycles. The lowest BCUT2D eigenvalue weighted by Crippen LogP contribution is -2.11. The van der Waals surface area contributed by atoms with Crippen molar-refractivity contribution in [3.63, 3.8) is 0 Å². The molecular formula is C11H24O3S. The summed E-state index contributed by atoms with van der Waals surface area (Å²) in [7, 11) is -3.24. The van der Waals surface area contributed by atoms with Gasteiger partial charge in [0.15, 0.2) is 0 Å². The summed E-state index contributed by atoms with van der Waals surface area (Å²) in [4.78, 5) is 0. The molecule has 92 valence electrons. The summed E-state index contributed by atoms with van der Waals surface area (Å²) in [6.45, 7) is 4.39. The first kappa shape index (κ1) is 14.9. The van der Waals surface area contributed by atoms with E-state index in [9.17, 15) is 8.42 Å². The van der Waals surface area contributed by atoms with Gasteiger partial charge in [-0.1, -0.05) is 46.0 Å². The maximum Gasteiger partial charge on any atom is 0.267 e. The fourth-order valence-corrected chi connectivity index (χ4v) is 2.42. The molecule has 0 bridgehead atoms. The average molecular weight is 236 g/mol. The molecule has 0 unspecified atom stereocenters. The maximum absolute atomic E-state index is 11.3. The molecule has 0 saturated carbocycles. The molecule has 3 nitrogen and oxygen atoms in total. The minimum Gasteiger partial charge on any atom is -0.270 e. The van der Waals surface area contributed by atoms with Crippen molar-refractivity contribution in [1.29, 1.82) is 0 Å². The van der Waals surface area contributed by atoms with Crippen LogP contribution in [-0.2, 0) is 14.3 Å². The monoisotopic (exact) mass is 236 g/mol. The zero-order chi connectivity index (χ0) is 11.6. The number of unbranched alkanes of at least 4 members (excludes halogenated alkanes) is 5. The van der Waals surface area contributed by atoms with E-state index in [0.717, 1.165) is 25.7 Å². The van der Waals surface area contributed by atoms with Crippen LogP contribution in [0.3, 0.4) is 0 Å². The van der Waals surface area contributed by atoms with E-state index in [1.807, 2.05) is 6.92 Å². The summed E-state index contributed by atoms with van der Waals surface area (Å²) in [5, 5.41) is 0. The lowest BCUT2D eigenvalue weighted by Gasteiger charge is -2.04. The van der Waals surface area contributed by atoms with Gasteiger partial charge in [0.05, 0.1) is 12.4 Å². The molecule has 0 aliphatic heterocycles. The van der Waals surface area contributed by atoms with Crippen molar-refractivity contribution < 1.29 is 12.6 Å². The highest BCUT2D eigenvalue weighted by molar-refractivity contribution is 7.86. The number of hydrogen-bond acceptors (Lipinski definition) is 3. The standard InChI is InChI=1S/C11H24O3S/c1-3-5-6-7-8-9-11-15(12,13)14-10-4-2/h3-11H2,1-2H3. The first-order valence-electron chi connectivity index (χ1n) is 5.99. The highest BCUT2D eigenvalue weighted by atomic mass is 32.2. The molecule has 0 aliphatic rings. The van der Waals surface area contributed by atoms with E-state index in [2.05, 4.69) is 6.92 Å². The summed E-state index contributed by atoms with van der Waals surface area (Å²) < 4.78 is 27.3. The van der Waals surface area contributed by atoms with Crippen LogP contribution in [0.4, 0.5) is 0 Å². The average Bonchev–Trinajstić information content (AvgIpc) is 2.20. The highest BCUT2D eigenvalue weighted by Gasteiger charge is 2.09. The first-order valence-corrected chi connectivity index (χ1v) is 7.57. The second-order valence-electron chi connectivity index (χ2n) is 3.85. The predicted octanol–water partition coefficient (Wildman–Crippen LogP) is 3.10. The third-order valence-electron chi connectivity index (χ3n) is 2.21. The molecule has 4 heteroatoms. The van der Waals surface area contributed by atoms with E-state index in [0.29, 0.717) is 6.61 Å². The fraction of sp³-hybridized carbons (Fsp3) is 1.00. The van der Waals surface area contributed by atoms with Crippen LogP contribution in [0.2, 0.25) is 0 Å². The second kappa shape index (κ2) is 9.16. The van der Waals surface area contributed by atoms with Crippen LogP contribution in [0.1, 0.15) is 58.8 Å². The molecule has 0 heterocycles. The maximum atomic E-state index is 11.3. The molecule has 0 saturated heterocycles. The predicted molar refractivity (Wildman–Crippen MR) is 63.4 cm³/mol. The Morgan fingerprint density at radius 3 is 2.07 bits per heavy atom. The fourth-order valence-electron chi connectivity index (χ4n) is 1.33. The molecule has 0 fully saturated rings. The summed E-state index contributed by atoms with van der Waals surface area (Å²) in [6.07, 6.45) is 7.29. The molecule has 0 amide bonds. The largest absolute Gasteiger partial charge is 0.270 e. The van der Waals surface area contributed by atoms with Gasteiger partial charge in [0.25, 0.3) is 10.1 Å². The van der Waals surface area contributed by atoms with E-state index in [1.165, 1.54) is 19.3 Å². The first-order chi connectivity index (χ1) is 7.12. The smallest absolute Gasteiger partial charge is 0.267 e. The van der Waals surface area contributed by atoms with Gasteiger partial charge < -0.3 is 0 Å². The van der Waals surface area contributed by atoms with Gasteiger partial charge in [-0.25, -0.2) is 0 Å². The van der Waals surface area contributed by atoms with Crippen LogP contribution in [0, 0.1) is 0 Å². The molecule has 0 rings (SSSR count). The molecule has 0 atom stereocenters. The number of rotatable bonds is 10. The van der Waals surface area contributed by atoms with Gasteiger partial charge in [-0.3, -0.25) is 4.18 Å². The van der Waals surface area contributed by atoms with Crippen LogP contribution in [0.5, 0.6) is 0 Å². The zero-order valence-electron chi connectivity index (χ0n) is 10.00. The van der Waals surface area contributed by atoms with E-state index >= 15 is 0 Å². The third-order valence-corrected chi connectivity index (χ3v) is 3.53. The Hall–Kier alpha value is -0.0900. The summed E-state index contributed by atoms with van der Waals surface area (Å²) in [6, 6.07) is 0. The van der Waals surface area contributed by atoms with Crippen molar-refractivity contribution >= 4 is 10.1 Å². The van der Waals surface area contributed by atoms with E-state index < -0.39 is 10.1 Å². The van der Waals surface area contributed by atoms with Crippen LogP contribution in [0.15, 0.2) is 0 Å². The second-order valence-corrected chi connectivity index (χ2v) is 5.61. The molecule has 0 aromatic carbocycles. The lowest BCUT2D eigenvalue weighted by atomic mass is 10.1. The molecule has 0 spiro atoms. The molecule has 0 aliphatic carbocycles. The van der Waals surface area contributed by atoms with Gasteiger partial charge in [0.2, 0.25) is 0 Å². The summed E-state index contributed by atoms with van der Waals surface area (Å²) in [5.74, 6) is 0.180. The Bertz CT molecular complexity index is 222. The van der Waals surface area contributed by atoms with Gasteiger partial charge in [-0.2, -0.15) is 8.42 Å². The minimum atomic E-state index is -3.24. The van der Waals surface area contributed by atoms with Crippen LogP contribution < -0.4 is 0 Å². The Labute approximate surface area is 94.3 Å². The Morgan fingerprint density at radius 2 is 1.47 bits per heavy atom. The van der Waals surface area contributed by atoms with Crippen LogP contribution >= 0.6 is 0 Å². The highest BCUT2D eigenvalue weighted by Crippen LogP contribution is 2.07. The Morgan fingerprint density at radius 1 is 0.867 bits per heavy atom. The van der Waals surface area contributed by atoms with Crippen molar-refractivity contribution in [3.8, 4) is 0 Å². The van der Waals surface area contributed by atoms with Crippen molar-refractivity contribution in [2.45, 2.75) is 58.8 Å². The molecule has 15 heavy (non-hydrogen) atoms. The van der Waals surface area contributed by atoms with Gasteiger partial charge in [-0.05, 0) is 12.8 Å². The van der Waals surface area contributed by atoms with E-state index in [4.69, 9.17) is 4.18 Å². The van der Waals surface area contributed by atoms with Crippen molar-refractivity contribution in [1.82, 2.24) is 0 Å². The van der Waals surface area contributed by atoms with Gasteiger partial charge >= 0.3 is 0 Å². The van der Waals surface area contributed by atoms with Gasteiger partial charge in [0, 0.05) is 0 Å². The lowest BCUT2D eigenvalue weighted by molar-refractivity contribution is 0.317. The minimum absolute atomic E-state index is 0.180. The van der Waals surface area contributed by atoms with Gasteiger partial charge in [-0.15, -0.1) is 0 Å². The molecule has 0 aromatic rings. The third kappa shape index (κ3) is 10.2. The van der Waals surface area contributed by atoms with Gasteiger partial charge in [0.1, 0.15) is 0 Å². The van der Waals surface area contributed by atoms with E-state index in [1.54, 1.807) is 0 Å².